The van der Waals surface area contributed by atoms with Crippen molar-refractivity contribution in [2.75, 3.05) is 0 Å². The van der Waals surface area contributed by atoms with Gasteiger partial charge in [-0.25, -0.2) is 0 Å². The van der Waals surface area contributed by atoms with Crippen molar-refractivity contribution in [2.45, 2.75) is 19.8 Å². The largest absolute Gasteiger partial charge is 0.481 e. The zero-order valence-electron chi connectivity index (χ0n) is 7.41. The smallest absolute Gasteiger partial charge is 0.310 e. The van der Waals surface area contributed by atoms with Crippen LogP contribution in [0.2, 0.25) is 5.02 Å². The average molecular weight is 200 g/mol. The molecule has 0 bridgehead atoms. The average Bonchev–Trinajstić information content (AvgIpc) is 2.08. The summed E-state index contributed by atoms with van der Waals surface area (Å²) in [5.41, 5.74) is 1.27. The van der Waals surface area contributed by atoms with Gasteiger partial charge in [0.1, 0.15) is 0 Å². The van der Waals surface area contributed by atoms with Crippen LogP contribution in [0, 0.1) is 6.92 Å². The number of carbonyl (C=O) groups is 1. The molecule has 0 aliphatic heterocycles. The lowest BCUT2D eigenvalue weighted by Crippen LogP contribution is -2.08. The molecule has 1 atom stereocenters. The molecular formula is C9H10ClNO2. The lowest BCUT2D eigenvalue weighted by molar-refractivity contribution is -0.138. The minimum absolute atomic E-state index is 0.442. The number of pyridine rings is 1. The van der Waals surface area contributed by atoms with Crippen molar-refractivity contribution in [3.05, 3.63) is 28.5 Å². The van der Waals surface area contributed by atoms with E-state index in [4.69, 9.17) is 16.7 Å². The van der Waals surface area contributed by atoms with E-state index in [2.05, 4.69) is 4.98 Å². The number of hydrogen-bond acceptors (Lipinski definition) is 2. The Hall–Kier alpha value is -1.09. The Labute approximate surface area is 81.4 Å². The molecule has 1 aromatic heterocycles. The number of aromatic nitrogens is 1. The first kappa shape index (κ1) is 9.99. The minimum atomic E-state index is -0.882. The summed E-state index contributed by atoms with van der Waals surface area (Å²) in [6, 6.07) is 1.63. The van der Waals surface area contributed by atoms with Gasteiger partial charge in [-0.05, 0) is 25.5 Å². The summed E-state index contributed by atoms with van der Waals surface area (Å²) in [7, 11) is 0. The summed E-state index contributed by atoms with van der Waals surface area (Å²) in [6.45, 7) is 3.35. The minimum Gasteiger partial charge on any atom is -0.481 e. The zero-order valence-corrected chi connectivity index (χ0v) is 8.17. The molecule has 1 heterocycles. The molecule has 0 aromatic carbocycles. The van der Waals surface area contributed by atoms with E-state index in [9.17, 15) is 4.79 Å². The SMILES string of the molecule is Cc1nccc(C(C)C(=O)O)c1Cl. The Morgan fingerprint density at radius 2 is 2.31 bits per heavy atom. The Balaban J connectivity index is 3.15. The van der Waals surface area contributed by atoms with Crippen LogP contribution in [0.4, 0.5) is 0 Å². The van der Waals surface area contributed by atoms with Crippen molar-refractivity contribution in [3.63, 3.8) is 0 Å². The van der Waals surface area contributed by atoms with Gasteiger partial charge in [-0.15, -0.1) is 0 Å². The third-order valence-electron chi connectivity index (χ3n) is 1.93. The number of rotatable bonds is 2. The monoisotopic (exact) mass is 199 g/mol. The van der Waals surface area contributed by atoms with Crippen LogP contribution in [0.3, 0.4) is 0 Å². The van der Waals surface area contributed by atoms with Gasteiger partial charge in [-0.2, -0.15) is 0 Å². The van der Waals surface area contributed by atoms with Gasteiger partial charge < -0.3 is 5.11 Å². The van der Waals surface area contributed by atoms with Gasteiger partial charge in [0.05, 0.1) is 16.6 Å². The van der Waals surface area contributed by atoms with E-state index in [1.807, 2.05) is 0 Å². The van der Waals surface area contributed by atoms with Crippen molar-refractivity contribution in [2.24, 2.45) is 0 Å². The molecule has 3 nitrogen and oxygen atoms in total. The second-order valence-electron chi connectivity index (χ2n) is 2.86. The Bertz CT molecular complexity index is 338. The molecule has 0 spiro atoms. The number of carboxylic acids is 1. The summed E-state index contributed by atoms with van der Waals surface area (Å²) >= 11 is 5.91. The molecule has 70 valence electrons. The molecule has 0 saturated carbocycles. The van der Waals surface area contributed by atoms with Crippen molar-refractivity contribution < 1.29 is 9.90 Å². The highest BCUT2D eigenvalue weighted by Gasteiger charge is 2.17. The summed E-state index contributed by atoms with van der Waals surface area (Å²) in [5, 5.41) is 9.21. The standard InChI is InChI=1S/C9H10ClNO2/c1-5(9(12)13)7-3-4-11-6(2)8(7)10/h3-5H,1-2H3,(H,12,13). The highest BCUT2D eigenvalue weighted by atomic mass is 35.5. The van der Waals surface area contributed by atoms with Crippen LogP contribution >= 0.6 is 11.6 Å². The molecule has 1 N–H and O–H groups in total. The van der Waals surface area contributed by atoms with Crippen LogP contribution in [-0.2, 0) is 4.79 Å². The number of aryl methyl sites for hydroxylation is 1. The summed E-state index contributed by atoms with van der Waals surface area (Å²) in [6.07, 6.45) is 1.57. The van der Waals surface area contributed by atoms with E-state index in [1.54, 1.807) is 26.1 Å². The molecule has 0 radical (unpaired) electrons. The van der Waals surface area contributed by atoms with Gasteiger partial charge in [0.25, 0.3) is 0 Å². The molecule has 1 unspecified atom stereocenters. The van der Waals surface area contributed by atoms with Gasteiger partial charge in [-0.3, -0.25) is 9.78 Å². The molecule has 0 fully saturated rings. The molecule has 1 rings (SSSR count). The van der Waals surface area contributed by atoms with Crippen LogP contribution in [0.15, 0.2) is 12.3 Å². The first-order valence-electron chi connectivity index (χ1n) is 3.88. The normalized spacial score (nSPS) is 12.5. The van der Waals surface area contributed by atoms with Gasteiger partial charge in [-0.1, -0.05) is 11.6 Å². The second kappa shape index (κ2) is 3.75. The van der Waals surface area contributed by atoms with Crippen molar-refractivity contribution in [1.82, 2.24) is 4.98 Å². The quantitative estimate of drug-likeness (QED) is 0.795. The van der Waals surface area contributed by atoms with Gasteiger partial charge in [0.15, 0.2) is 0 Å². The highest BCUT2D eigenvalue weighted by molar-refractivity contribution is 6.32. The van der Waals surface area contributed by atoms with Crippen LogP contribution in [0.1, 0.15) is 24.1 Å². The number of hydrogen-bond donors (Lipinski definition) is 1. The van der Waals surface area contributed by atoms with E-state index in [0.717, 1.165) is 0 Å². The maximum absolute atomic E-state index is 10.7. The van der Waals surface area contributed by atoms with E-state index in [0.29, 0.717) is 16.3 Å². The fraction of sp³-hybridized carbons (Fsp3) is 0.333. The topological polar surface area (TPSA) is 50.2 Å². The van der Waals surface area contributed by atoms with Crippen LogP contribution in [0.5, 0.6) is 0 Å². The summed E-state index contributed by atoms with van der Waals surface area (Å²) < 4.78 is 0. The van der Waals surface area contributed by atoms with Crippen molar-refractivity contribution in [1.29, 1.82) is 0 Å². The zero-order chi connectivity index (χ0) is 10.0. The molecule has 0 amide bonds. The van der Waals surface area contributed by atoms with Crippen LogP contribution in [-0.4, -0.2) is 16.1 Å². The number of aliphatic carboxylic acids is 1. The Morgan fingerprint density at radius 3 is 2.85 bits per heavy atom. The first-order valence-corrected chi connectivity index (χ1v) is 4.25. The predicted octanol–water partition coefficient (Wildman–Crippen LogP) is 2.23. The number of nitrogens with zero attached hydrogens (tertiary/aromatic N) is 1. The number of halogens is 1. The summed E-state index contributed by atoms with van der Waals surface area (Å²) in [4.78, 5) is 14.6. The number of carboxylic acid groups (broad SMARTS) is 1. The van der Waals surface area contributed by atoms with E-state index < -0.39 is 11.9 Å². The molecule has 0 aliphatic carbocycles. The Kier molecular flexibility index (Phi) is 2.88. The molecule has 4 heteroatoms. The van der Waals surface area contributed by atoms with Crippen molar-refractivity contribution >= 4 is 17.6 Å². The lowest BCUT2D eigenvalue weighted by atomic mass is 10.0. The van der Waals surface area contributed by atoms with E-state index in [1.165, 1.54) is 0 Å². The Morgan fingerprint density at radius 1 is 1.69 bits per heavy atom. The fourth-order valence-corrected chi connectivity index (χ4v) is 1.31. The van der Waals surface area contributed by atoms with Crippen LogP contribution in [0.25, 0.3) is 0 Å². The molecule has 13 heavy (non-hydrogen) atoms. The molecule has 0 saturated heterocycles. The van der Waals surface area contributed by atoms with E-state index in [-0.39, 0.29) is 0 Å². The van der Waals surface area contributed by atoms with Crippen molar-refractivity contribution in [3.8, 4) is 0 Å². The second-order valence-corrected chi connectivity index (χ2v) is 3.24. The fourth-order valence-electron chi connectivity index (χ4n) is 1.04. The maximum Gasteiger partial charge on any atom is 0.310 e. The molecule has 1 aromatic rings. The van der Waals surface area contributed by atoms with Gasteiger partial charge in [0, 0.05) is 6.20 Å². The molecular weight excluding hydrogens is 190 g/mol. The third-order valence-corrected chi connectivity index (χ3v) is 2.42. The third kappa shape index (κ3) is 1.98. The summed E-state index contributed by atoms with van der Waals surface area (Å²) in [5.74, 6) is -1.47. The highest BCUT2D eigenvalue weighted by Crippen LogP contribution is 2.25. The van der Waals surface area contributed by atoms with E-state index >= 15 is 0 Å². The van der Waals surface area contributed by atoms with Gasteiger partial charge in [0.2, 0.25) is 0 Å². The maximum atomic E-state index is 10.7. The van der Waals surface area contributed by atoms with Crippen LogP contribution < -0.4 is 0 Å². The molecule has 0 aliphatic rings. The van der Waals surface area contributed by atoms with Gasteiger partial charge >= 0.3 is 5.97 Å². The first-order chi connectivity index (χ1) is 6.04. The predicted molar refractivity (Wildman–Crippen MR) is 50.0 cm³/mol. The lowest BCUT2D eigenvalue weighted by Gasteiger charge is -2.09.